The van der Waals surface area contributed by atoms with Crippen molar-refractivity contribution in [3.63, 3.8) is 0 Å². The van der Waals surface area contributed by atoms with Crippen molar-refractivity contribution in [2.45, 2.75) is 130 Å². The molecule has 40 heavy (non-hydrogen) atoms. The summed E-state index contributed by atoms with van der Waals surface area (Å²) in [6, 6.07) is 9.49. The number of rotatable bonds is 8. The number of aromatic nitrogens is 4. The number of H-pyrrole nitrogens is 2. The first-order chi connectivity index (χ1) is 19.3. The first-order valence-electron chi connectivity index (χ1n) is 16.1. The highest BCUT2D eigenvalue weighted by Crippen LogP contribution is 2.41. The maximum atomic E-state index is 5.35. The molecule has 0 amide bonds. The molecule has 0 atom stereocenters. The van der Waals surface area contributed by atoms with Crippen molar-refractivity contribution in [1.29, 1.82) is 0 Å². The lowest BCUT2D eigenvalue weighted by molar-refractivity contribution is 0.403. The van der Waals surface area contributed by atoms with Crippen LogP contribution in [0.15, 0.2) is 24.3 Å². The quantitative estimate of drug-likeness (QED) is 0.300. The van der Waals surface area contributed by atoms with Crippen molar-refractivity contribution in [1.82, 2.24) is 19.9 Å². The summed E-state index contributed by atoms with van der Waals surface area (Å²) in [5.41, 5.74) is 15.7. The lowest BCUT2D eigenvalue weighted by atomic mass is 9.76. The fraction of sp³-hybridized carbons (Fsp3) is 0.556. The Kier molecular flexibility index (Phi) is 8.01. The molecule has 3 aromatic rings. The molecule has 0 spiro atoms. The van der Waals surface area contributed by atoms with Crippen LogP contribution in [0.25, 0.3) is 22.1 Å². The number of nitrogens with zero attached hydrogens (tertiary/aromatic N) is 2. The molecular formula is C36H50N4. The van der Waals surface area contributed by atoms with E-state index in [1.807, 2.05) is 0 Å². The Hall–Kier alpha value is -2.88. The van der Waals surface area contributed by atoms with Gasteiger partial charge in [-0.1, -0.05) is 55.4 Å². The predicted octanol–water partition coefficient (Wildman–Crippen LogP) is 9.17. The molecule has 2 aliphatic rings. The van der Waals surface area contributed by atoms with Gasteiger partial charge in [0.2, 0.25) is 0 Å². The molecule has 5 heterocycles. The summed E-state index contributed by atoms with van der Waals surface area (Å²) in [6.07, 6.45) is 10.4. The van der Waals surface area contributed by atoms with Crippen LogP contribution in [-0.4, -0.2) is 19.9 Å². The Labute approximate surface area is 241 Å². The first-order valence-corrected chi connectivity index (χ1v) is 16.1. The van der Waals surface area contributed by atoms with Gasteiger partial charge in [-0.05, 0) is 97.9 Å². The zero-order valence-electron chi connectivity index (χ0n) is 26.3. The topological polar surface area (TPSA) is 57.4 Å². The van der Waals surface area contributed by atoms with E-state index in [2.05, 4.69) is 89.6 Å². The molecule has 5 rings (SSSR count). The van der Waals surface area contributed by atoms with Gasteiger partial charge in [0.25, 0.3) is 0 Å². The predicted molar refractivity (Wildman–Crippen MR) is 170 cm³/mol. The number of aromatic amines is 2. The summed E-state index contributed by atoms with van der Waals surface area (Å²) in [4.78, 5) is 18.5. The lowest BCUT2D eigenvalue weighted by Crippen LogP contribution is -2.23. The second-order valence-electron chi connectivity index (χ2n) is 12.1. The van der Waals surface area contributed by atoms with Gasteiger partial charge >= 0.3 is 0 Å². The maximum absolute atomic E-state index is 5.35. The van der Waals surface area contributed by atoms with Crippen LogP contribution in [0, 0.1) is 0 Å². The van der Waals surface area contributed by atoms with E-state index < -0.39 is 0 Å². The van der Waals surface area contributed by atoms with Crippen LogP contribution in [0.5, 0.6) is 0 Å². The third kappa shape index (κ3) is 4.52. The highest BCUT2D eigenvalue weighted by Gasteiger charge is 2.37. The summed E-state index contributed by atoms with van der Waals surface area (Å²) in [7, 11) is 0. The molecule has 2 aliphatic heterocycles. The monoisotopic (exact) mass is 538 g/mol. The van der Waals surface area contributed by atoms with E-state index in [0.717, 1.165) is 64.2 Å². The molecule has 0 aliphatic carbocycles. The van der Waals surface area contributed by atoms with E-state index in [0.29, 0.717) is 0 Å². The Morgan fingerprint density at radius 3 is 1.12 bits per heavy atom. The summed E-state index contributed by atoms with van der Waals surface area (Å²) < 4.78 is 0. The van der Waals surface area contributed by atoms with Crippen molar-refractivity contribution < 1.29 is 0 Å². The lowest BCUT2D eigenvalue weighted by Gasteiger charge is -2.25. The zero-order chi connectivity index (χ0) is 28.7. The van der Waals surface area contributed by atoms with Crippen molar-refractivity contribution in [2.24, 2.45) is 0 Å². The van der Waals surface area contributed by atoms with E-state index in [1.54, 1.807) is 0 Å². The van der Waals surface area contributed by atoms with Gasteiger partial charge in [-0.2, -0.15) is 0 Å². The molecule has 0 fully saturated rings. The summed E-state index contributed by atoms with van der Waals surface area (Å²) in [5.74, 6) is 0. The van der Waals surface area contributed by atoms with Crippen LogP contribution in [0.1, 0.15) is 126 Å². The Bertz CT molecular complexity index is 1430. The molecule has 4 heteroatoms. The normalized spacial score (nSPS) is 16.0. The number of fused-ring (bicyclic) bond motifs is 8. The molecule has 0 unspecified atom stereocenters. The highest BCUT2D eigenvalue weighted by molar-refractivity contribution is 5.79. The van der Waals surface area contributed by atoms with E-state index in [4.69, 9.17) is 9.97 Å². The number of nitrogens with one attached hydrogen (secondary N) is 2. The molecule has 2 N–H and O–H groups in total. The van der Waals surface area contributed by atoms with Crippen molar-refractivity contribution in [2.75, 3.05) is 0 Å². The van der Waals surface area contributed by atoms with Crippen molar-refractivity contribution >= 4 is 22.1 Å². The number of hydrogen-bond acceptors (Lipinski definition) is 2. The average Bonchev–Trinajstić information content (AvgIpc) is 3.69. The van der Waals surface area contributed by atoms with Gasteiger partial charge in [0, 0.05) is 68.5 Å². The molecule has 3 aromatic heterocycles. The minimum absolute atomic E-state index is 0.0793. The summed E-state index contributed by atoms with van der Waals surface area (Å²) in [6.45, 7) is 18.5. The largest absolute Gasteiger partial charge is 0.355 e. The van der Waals surface area contributed by atoms with Crippen LogP contribution in [0.4, 0.5) is 0 Å². The van der Waals surface area contributed by atoms with E-state index in [9.17, 15) is 0 Å². The van der Waals surface area contributed by atoms with Crippen LogP contribution in [0.2, 0.25) is 0 Å². The van der Waals surface area contributed by atoms with Crippen LogP contribution in [0.3, 0.4) is 0 Å². The van der Waals surface area contributed by atoms with Gasteiger partial charge in [-0.3, -0.25) is 9.97 Å². The number of aryl methyl sites for hydroxylation is 4. The minimum Gasteiger partial charge on any atom is -0.355 e. The Morgan fingerprint density at radius 2 is 0.825 bits per heavy atom. The zero-order valence-corrected chi connectivity index (χ0v) is 26.3. The van der Waals surface area contributed by atoms with Gasteiger partial charge in [0.05, 0.1) is 0 Å². The van der Waals surface area contributed by atoms with E-state index in [1.165, 1.54) is 67.1 Å². The van der Waals surface area contributed by atoms with Crippen molar-refractivity contribution in [3.05, 3.63) is 69.3 Å². The van der Waals surface area contributed by atoms with Gasteiger partial charge in [-0.25, -0.2) is 0 Å². The molecular weight excluding hydrogens is 488 g/mol. The smallest absolute Gasteiger partial charge is 0.0493 e. The fourth-order valence-corrected chi connectivity index (χ4v) is 7.72. The second-order valence-corrected chi connectivity index (χ2v) is 12.1. The average molecular weight is 539 g/mol. The molecule has 4 nitrogen and oxygen atoms in total. The molecule has 214 valence electrons. The maximum Gasteiger partial charge on any atom is 0.0493 e. The second kappa shape index (κ2) is 11.2. The SMILES string of the molecule is CCc1c(CC)c2cc3[nH]c(cc4nc(cc5nc(cc1[nH]2)C(CC)(CC)C5)CC4(CC)CC)c(CC)c3CC. The molecule has 0 radical (unpaired) electrons. The van der Waals surface area contributed by atoms with Crippen LogP contribution >= 0.6 is 0 Å². The minimum atomic E-state index is 0.0793. The van der Waals surface area contributed by atoms with Crippen LogP contribution in [-0.2, 0) is 49.4 Å². The number of hydrogen-bond donors (Lipinski definition) is 2. The summed E-state index contributed by atoms with van der Waals surface area (Å²) in [5, 5.41) is 0. The van der Waals surface area contributed by atoms with Gasteiger partial charge in [-0.15, -0.1) is 0 Å². The standard InChI is InChI=1S/C36H50N4/c1-9-25-27(11-3)31-19-33-35(13-5,14-6)21-23(37-33)17-24-22-36(15-7,16-8)34(38-24)20-32-28(12-4)26(10-2)30(40-32)18-29(25)39-31/h17-20,39-40H,9-16,21-22H2,1-8H3. The first kappa shape index (κ1) is 28.6. The highest BCUT2D eigenvalue weighted by atomic mass is 14.8. The van der Waals surface area contributed by atoms with Gasteiger partial charge in [0.15, 0.2) is 0 Å². The fourth-order valence-electron chi connectivity index (χ4n) is 7.72. The van der Waals surface area contributed by atoms with Gasteiger partial charge in [0.1, 0.15) is 0 Å². The van der Waals surface area contributed by atoms with E-state index in [-0.39, 0.29) is 10.8 Å². The summed E-state index contributed by atoms with van der Waals surface area (Å²) >= 11 is 0. The van der Waals surface area contributed by atoms with Crippen molar-refractivity contribution in [3.8, 4) is 0 Å². The third-order valence-electron chi connectivity index (χ3n) is 10.5. The Morgan fingerprint density at radius 1 is 0.500 bits per heavy atom. The molecule has 0 aromatic carbocycles. The third-order valence-corrected chi connectivity index (χ3v) is 10.5. The molecule has 0 saturated carbocycles. The van der Waals surface area contributed by atoms with E-state index >= 15 is 0 Å². The molecule has 0 saturated heterocycles. The van der Waals surface area contributed by atoms with Gasteiger partial charge < -0.3 is 9.97 Å². The Balaban J connectivity index is 1.98. The molecule has 8 bridgehead atoms. The van der Waals surface area contributed by atoms with Crippen LogP contribution < -0.4 is 0 Å².